The van der Waals surface area contributed by atoms with Crippen molar-refractivity contribution in [2.24, 2.45) is 0 Å². The van der Waals surface area contributed by atoms with Gasteiger partial charge in [-0.2, -0.15) is 11.8 Å². The van der Waals surface area contributed by atoms with E-state index in [1.807, 2.05) is 12.3 Å². The number of aryl methyl sites for hydroxylation is 1. The Hall–Kier alpha value is -1.03. The largest absolute Gasteiger partial charge is 0.310 e. The molecular formula is C14H19N3S. The molecule has 0 spiro atoms. The molecule has 2 aromatic heterocycles. The molecule has 3 nitrogen and oxygen atoms in total. The summed E-state index contributed by atoms with van der Waals surface area (Å²) in [5, 5.41) is 0. The van der Waals surface area contributed by atoms with E-state index in [4.69, 9.17) is 4.98 Å². The lowest BCUT2D eigenvalue weighted by Crippen LogP contribution is -2.18. The molecule has 3 heterocycles. The average Bonchev–Trinajstić information content (AvgIpc) is 2.78. The van der Waals surface area contributed by atoms with Gasteiger partial charge in [0.25, 0.3) is 0 Å². The Balaban J connectivity index is 2.07. The molecule has 18 heavy (non-hydrogen) atoms. The van der Waals surface area contributed by atoms with Crippen molar-refractivity contribution < 1.29 is 0 Å². The molecule has 0 bridgehead atoms. The summed E-state index contributed by atoms with van der Waals surface area (Å²) in [6.45, 7) is 2.22. The van der Waals surface area contributed by atoms with Gasteiger partial charge in [0.2, 0.25) is 0 Å². The van der Waals surface area contributed by atoms with E-state index >= 15 is 0 Å². The fourth-order valence-corrected chi connectivity index (χ4v) is 3.79. The van der Waals surface area contributed by atoms with E-state index in [0.29, 0.717) is 6.04 Å². The number of rotatable bonds is 3. The Kier molecular flexibility index (Phi) is 3.55. The maximum atomic E-state index is 4.77. The first kappa shape index (κ1) is 12.0. The van der Waals surface area contributed by atoms with Gasteiger partial charge in [0, 0.05) is 18.7 Å². The summed E-state index contributed by atoms with van der Waals surface area (Å²) in [6.07, 6.45) is 6.59. The van der Waals surface area contributed by atoms with E-state index in [9.17, 15) is 0 Å². The average molecular weight is 261 g/mol. The molecule has 1 aliphatic rings. The minimum absolute atomic E-state index is 0.604. The molecule has 0 saturated carbocycles. The number of fused-ring (bicyclic) bond motifs is 1. The molecule has 0 aromatic carbocycles. The van der Waals surface area contributed by atoms with Gasteiger partial charge in [-0.05, 0) is 42.9 Å². The van der Waals surface area contributed by atoms with Crippen LogP contribution in [0.25, 0.3) is 11.2 Å². The van der Waals surface area contributed by atoms with Crippen LogP contribution in [-0.2, 0) is 6.42 Å². The normalized spacial score (nSPS) is 17.4. The molecule has 4 heteroatoms. The summed E-state index contributed by atoms with van der Waals surface area (Å²) in [4.78, 5) is 9.32. The number of aromatic nitrogens is 3. The Morgan fingerprint density at radius 2 is 2.22 bits per heavy atom. The van der Waals surface area contributed by atoms with Gasteiger partial charge < -0.3 is 4.57 Å². The fourth-order valence-electron chi connectivity index (χ4n) is 2.70. The molecule has 0 unspecified atom stereocenters. The quantitative estimate of drug-likeness (QED) is 0.848. The summed E-state index contributed by atoms with van der Waals surface area (Å²) >= 11 is 2.07. The maximum absolute atomic E-state index is 4.77. The molecule has 0 N–H and O–H groups in total. The van der Waals surface area contributed by atoms with Crippen molar-refractivity contribution >= 4 is 22.9 Å². The Morgan fingerprint density at radius 3 is 3.00 bits per heavy atom. The van der Waals surface area contributed by atoms with Crippen molar-refractivity contribution in [1.82, 2.24) is 14.5 Å². The van der Waals surface area contributed by atoms with Gasteiger partial charge >= 0.3 is 0 Å². The van der Waals surface area contributed by atoms with Crippen LogP contribution in [-0.4, -0.2) is 26.0 Å². The topological polar surface area (TPSA) is 30.7 Å². The van der Waals surface area contributed by atoms with Crippen molar-refractivity contribution in [3.05, 3.63) is 24.2 Å². The van der Waals surface area contributed by atoms with Crippen molar-refractivity contribution in [3.63, 3.8) is 0 Å². The van der Waals surface area contributed by atoms with Gasteiger partial charge in [0.1, 0.15) is 11.3 Å². The minimum Gasteiger partial charge on any atom is -0.310 e. The fraction of sp³-hybridized carbons (Fsp3) is 0.571. The molecule has 0 amide bonds. The van der Waals surface area contributed by atoms with Crippen LogP contribution in [0.2, 0.25) is 0 Å². The first-order valence-corrected chi connectivity index (χ1v) is 7.95. The number of imidazole rings is 1. The van der Waals surface area contributed by atoms with E-state index in [1.54, 1.807) is 0 Å². The van der Waals surface area contributed by atoms with Crippen molar-refractivity contribution in [2.45, 2.75) is 38.6 Å². The molecule has 1 fully saturated rings. The number of hydrogen-bond acceptors (Lipinski definition) is 3. The Labute approximate surface area is 112 Å². The second-order valence-electron chi connectivity index (χ2n) is 4.84. The number of thioether (sulfide) groups is 1. The Bertz CT molecular complexity index is 529. The summed E-state index contributed by atoms with van der Waals surface area (Å²) in [5.41, 5.74) is 2.14. The van der Waals surface area contributed by atoms with Crippen LogP contribution in [0.15, 0.2) is 18.3 Å². The van der Waals surface area contributed by atoms with Crippen LogP contribution >= 0.6 is 11.8 Å². The monoisotopic (exact) mass is 261 g/mol. The zero-order valence-electron chi connectivity index (χ0n) is 10.8. The standard InChI is InChI=1S/C14H19N3S/c1-2-4-13-16-12-5-3-8-15-14(12)17(13)11-6-9-18-10-7-11/h3,5,8,11H,2,4,6-7,9-10H2,1H3. The highest BCUT2D eigenvalue weighted by atomic mass is 32.2. The predicted molar refractivity (Wildman–Crippen MR) is 77.1 cm³/mol. The smallest absolute Gasteiger partial charge is 0.160 e. The molecule has 0 aliphatic carbocycles. The summed E-state index contributed by atoms with van der Waals surface area (Å²) < 4.78 is 2.42. The van der Waals surface area contributed by atoms with E-state index in [0.717, 1.165) is 24.0 Å². The molecule has 1 aliphatic heterocycles. The SMILES string of the molecule is CCCc1nc2cccnc2n1C1CCSCC1. The van der Waals surface area contributed by atoms with E-state index < -0.39 is 0 Å². The minimum atomic E-state index is 0.604. The van der Waals surface area contributed by atoms with Gasteiger partial charge in [-0.25, -0.2) is 9.97 Å². The molecular weight excluding hydrogens is 242 g/mol. The third-order valence-electron chi connectivity index (χ3n) is 3.55. The van der Waals surface area contributed by atoms with Crippen LogP contribution in [0.5, 0.6) is 0 Å². The number of hydrogen-bond donors (Lipinski definition) is 0. The van der Waals surface area contributed by atoms with Gasteiger partial charge in [0.15, 0.2) is 5.65 Å². The van der Waals surface area contributed by atoms with Crippen LogP contribution in [0.4, 0.5) is 0 Å². The maximum Gasteiger partial charge on any atom is 0.160 e. The lowest BCUT2D eigenvalue weighted by molar-refractivity contribution is 0.461. The van der Waals surface area contributed by atoms with Gasteiger partial charge in [0.05, 0.1) is 0 Å². The summed E-state index contributed by atoms with van der Waals surface area (Å²) in [7, 11) is 0. The third-order valence-corrected chi connectivity index (χ3v) is 4.60. The van der Waals surface area contributed by atoms with Crippen molar-refractivity contribution in [2.75, 3.05) is 11.5 Å². The van der Waals surface area contributed by atoms with E-state index in [-0.39, 0.29) is 0 Å². The molecule has 3 rings (SSSR count). The van der Waals surface area contributed by atoms with Gasteiger partial charge in [-0.1, -0.05) is 6.92 Å². The van der Waals surface area contributed by atoms with Crippen LogP contribution < -0.4 is 0 Å². The molecule has 0 atom stereocenters. The highest BCUT2D eigenvalue weighted by Crippen LogP contribution is 2.31. The second-order valence-corrected chi connectivity index (χ2v) is 6.06. The molecule has 2 aromatic rings. The van der Waals surface area contributed by atoms with Crippen molar-refractivity contribution in [1.29, 1.82) is 0 Å². The summed E-state index contributed by atoms with van der Waals surface area (Å²) in [6, 6.07) is 4.66. The summed E-state index contributed by atoms with van der Waals surface area (Å²) in [5.74, 6) is 3.76. The van der Waals surface area contributed by atoms with Gasteiger partial charge in [-0.15, -0.1) is 0 Å². The zero-order valence-corrected chi connectivity index (χ0v) is 11.6. The first-order chi connectivity index (χ1) is 8.90. The molecule has 0 radical (unpaired) electrons. The highest BCUT2D eigenvalue weighted by molar-refractivity contribution is 7.99. The molecule has 1 saturated heterocycles. The van der Waals surface area contributed by atoms with Crippen molar-refractivity contribution in [3.8, 4) is 0 Å². The third kappa shape index (κ3) is 2.14. The molecule has 96 valence electrons. The lowest BCUT2D eigenvalue weighted by atomic mass is 10.1. The highest BCUT2D eigenvalue weighted by Gasteiger charge is 2.21. The van der Waals surface area contributed by atoms with Crippen LogP contribution in [0.3, 0.4) is 0 Å². The van der Waals surface area contributed by atoms with Gasteiger partial charge in [-0.3, -0.25) is 0 Å². The number of nitrogens with zero attached hydrogens (tertiary/aromatic N) is 3. The van der Waals surface area contributed by atoms with E-state index in [2.05, 4.69) is 34.3 Å². The lowest BCUT2D eigenvalue weighted by Gasteiger charge is -2.24. The second kappa shape index (κ2) is 5.31. The van der Waals surface area contributed by atoms with Crippen LogP contribution in [0, 0.1) is 0 Å². The number of pyridine rings is 1. The predicted octanol–water partition coefficient (Wildman–Crippen LogP) is 3.45. The van der Waals surface area contributed by atoms with Crippen LogP contribution in [0.1, 0.15) is 38.1 Å². The Morgan fingerprint density at radius 1 is 1.39 bits per heavy atom. The first-order valence-electron chi connectivity index (χ1n) is 6.79. The zero-order chi connectivity index (χ0) is 12.4. The van der Waals surface area contributed by atoms with E-state index in [1.165, 1.54) is 30.2 Å².